The molecule has 0 spiro atoms. The summed E-state index contributed by atoms with van der Waals surface area (Å²) in [5.74, 6) is -0.486. The predicted octanol–water partition coefficient (Wildman–Crippen LogP) is 7.74. The van der Waals surface area contributed by atoms with Gasteiger partial charge in [0.2, 0.25) is 23.6 Å². The molecule has 15 rings (SSSR count). The van der Waals surface area contributed by atoms with Crippen molar-refractivity contribution < 1.29 is 24.0 Å². The van der Waals surface area contributed by atoms with Gasteiger partial charge in [-0.05, 0) is 92.5 Å². The molecule has 0 bridgehead atoms. The lowest BCUT2D eigenvalue weighted by Crippen LogP contribution is -2.52. The molecule has 490 valence electrons. The van der Waals surface area contributed by atoms with Crippen molar-refractivity contribution in [3.8, 4) is 0 Å². The summed E-state index contributed by atoms with van der Waals surface area (Å²) in [7, 11) is 0. The zero-order valence-corrected chi connectivity index (χ0v) is 59.2. The van der Waals surface area contributed by atoms with Crippen molar-refractivity contribution in [1.82, 2.24) is 46.2 Å². The summed E-state index contributed by atoms with van der Waals surface area (Å²) in [6.07, 6.45) is 7.66. The lowest BCUT2D eigenvalue weighted by molar-refractivity contribution is -0.136. The number of amides is 5. The molecule has 95 heavy (non-hydrogen) atoms. The molecule has 0 radical (unpaired) electrons. The molecule has 29 heteroatoms. The second-order valence-corrected chi connectivity index (χ2v) is 28.6. The predicted molar refractivity (Wildman–Crippen MR) is 411 cm³/mol. The number of nitrogens with one attached hydrogen (secondary N) is 5. The highest BCUT2D eigenvalue weighted by atomic mass is 32.1. The van der Waals surface area contributed by atoms with Crippen molar-refractivity contribution in [3.63, 3.8) is 0 Å². The maximum absolute atomic E-state index is 12.4. The van der Waals surface area contributed by atoms with Gasteiger partial charge in [-0.1, -0.05) is 177 Å². The topological polar surface area (TPSA) is 289 Å². The van der Waals surface area contributed by atoms with E-state index in [2.05, 4.69) is 36.4 Å². The summed E-state index contributed by atoms with van der Waals surface area (Å²) < 4.78 is 0. The van der Waals surface area contributed by atoms with Gasteiger partial charge in [0.15, 0.2) is 0 Å². The molecule has 5 aromatic rings. The van der Waals surface area contributed by atoms with Gasteiger partial charge in [0.1, 0.15) is 36.0 Å². The Kier molecular flexibility index (Phi) is 21.1. The highest BCUT2D eigenvalue weighted by Gasteiger charge is 2.43. The van der Waals surface area contributed by atoms with Gasteiger partial charge >= 0.3 is 0 Å². The zero-order valence-electron chi connectivity index (χ0n) is 51.0. The average Bonchev–Trinajstić information content (AvgIpc) is 1.67. The number of carbonyl (C=O) groups excluding carboxylic acids is 5. The van der Waals surface area contributed by atoms with Crippen molar-refractivity contribution in [2.45, 2.75) is 121 Å². The number of thiocarbonyl (C=S) groups is 10. The number of fused-ring (bicyclic) bond motifs is 5. The fraction of sp³-hybridized carbons (Fsp3) is 0.318. The van der Waals surface area contributed by atoms with Gasteiger partial charge in [-0.25, -0.2) is 0 Å². The van der Waals surface area contributed by atoms with Crippen LogP contribution in [-0.2, 0) is 51.8 Å². The van der Waals surface area contributed by atoms with E-state index in [-0.39, 0.29) is 65.5 Å². The van der Waals surface area contributed by atoms with Crippen molar-refractivity contribution in [3.05, 3.63) is 147 Å². The molecule has 5 amide bonds. The van der Waals surface area contributed by atoms with Crippen LogP contribution >= 0.6 is 122 Å². The molecule has 6 atom stereocenters. The Morgan fingerprint density at radius 1 is 0.337 bits per heavy atom. The minimum absolute atomic E-state index is 0.00395. The molecule has 0 saturated carbocycles. The maximum atomic E-state index is 12.4. The summed E-state index contributed by atoms with van der Waals surface area (Å²) in [4.78, 5) is 74.1. The molecule has 5 saturated heterocycles. The quantitative estimate of drug-likeness (QED) is 0.0457. The number of nitrogens with zero attached hydrogens (tertiary/aromatic N) is 4. The van der Waals surface area contributed by atoms with Crippen LogP contribution in [0.25, 0.3) is 0 Å². The zero-order chi connectivity index (χ0) is 67.8. The van der Waals surface area contributed by atoms with Crippen molar-refractivity contribution in [1.29, 1.82) is 0 Å². The van der Waals surface area contributed by atoms with Crippen LogP contribution in [0.4, 0.5) is 28.4 Å². The molecule has 19 nitrogen and oxygen atoms in total. The van der Waals surface area contributed by atoms with E-state index in [4.69, 9.17) is 151 Å². The minimum Gasteiger partial charge on any atom is -0.398 e. The second-order valence-electron chi connectivity index (χ2n) is 24.2. The second kappa shape index (κ2) is 29.1. The first-order valence-electron chi connectivity index (χ1n) is 30.7. The van der Waals surface area contributed by atoms with Gasteiger partial charge in [-0.3, -0.25) is 29.3 Å². The molecule has 5 fully saturated rings. The Balaban J connectivity index is 0.000000121. The highest BCUT2D eigenvalue weighted by Crippen LogP contribution is 2.40. The Labute approximate surface area is 603 Å². The number of rotatable bonds is 5. The van der Waals surface area contributed by atoms with Gasteiger partial charge in [0.25, 0.3) is 5.91 Å². The van der Waals surface area contributed by atoms with Crippen LogP contribution in [0.15, 0.2) is 91.0 Å². The Bertz CT molecular complexity index is 3610. The van der Waals surface area contributed by atoms with Gasteiger partial charge in [0, 0.05) is 142 Å². The smallest absolute Gasteiger partial charge is 0.255 e. The molecule has 10 aliphatic rings. The molecule has 9 aliphatic heterocycles. The third kappa shape index (κ3) is 14.4. The lowest BCUT2D eigenvalue weighted by atomic mass is 9.83. The van der Waals surface area contributed by atoms with E-state index in [0.717, 1.165) is 148 Å². The fourth-order valence-electron chi connectivity index (χ4n) is 13.4. The third-order valence-electron chi connectivity index (χ3n) is 18.5. The third-order valence-corrected chi connectivity index (χ3v) is 22.4. The van der Waals surface area contributed by atoms with E-state index in [0.29, 0.717) is 82.2 Å². The first-order valence-corrected chi connectivity index (χ1v) is 34.8. The van der Waals surface area contributed by atoms with Crippen LogP contribution < -0.4 is 55.3 Å². The van der Waals surface area contributed by atoms with Crippen LogP contribution in [0.3, 0.4) is 0 Å². The van der Waals surface area contributed by atoms with Crippen molar-refractivity contribution in [2.75, 3.05) is 28.7 Å². The van der Waals surface area contributed by atoms with E-state index in [1.807, 2.05) is 95.9 Å². The maximum Gasteiger partial charge on any atom is 0.255 e. The Morgan fingerprint density at radius 3 is 1.09 bits per heavy atom. The van der Waals surface area contributed by atoms with Crippen LogP contribution in [0.5, 0.6) is 0 Å². The van der Waals surface area contributed by atoms with Gasteiger partial charge in [-0.15, -0.1) is 0 Å². The largest absolute Gasteiger partial charge is 0.398 e. The van der Waals surface area contributed by atoms with E-state index in [1.54, 1.807) is 4.90 Å². The number of hydrogen-bond acceptors (Lipinski definition) is 20. The van der Waals surface area contributed by atoms with Crippen LogP contribution in [0.1, 0.15) is 125 Å². The fourth-order valence-corrected chi connectivity index (χ4v) is 16.9. The van der Waals surface area contributed by atoms with Crippen molar-refractivity contribution >= 4 is 230 Å². The monoisotopic (exact) mass is 1450 g/mol. The molecule has 1 aliphatic carbocycles. The number of hydrogen-bond donors (Lipinski definition) is 10. The lowest BCUT2D eigenvalue weighted by Gasteiger charge is -2.33. The van der Waals surface area contributed by atoms with E-state index in [9.17, 15) is 24.0 Å². The molecule has 0 aromatic heterocycles. The number of anilines is 5. The van der Waals surface area contributed by atoms with Gasteiger partial charge in [-0.2, -0.15) is 0 Å². The minimum atomic E-state index is -0.378. The van der Waals surface area contributed by atoms with E-state index >= 15 is 0 Å². The summed E-state index contributed by atoms with van der Waals surface area (Å²) in [5, 5.41) is 14.0. The van der Waals surface area contributed by atoms with Gasteiger partial charge in [0.05, 0.1) is 33.1 Å². The number of carbonyl (C=O) groups is 5. The number of nitrogen functional groups attached to an aromatic ring is 5. The summed E-state index contributed by atoms with van der Waals surface area (Å²) in [6, 6.07) is 28.2. The first kappa shape index (κ1) is 68.9. The number of nitrogens with two attached hydrogens (primary N) is 5. The Morgan fingerprint density at radius 2 is 0.684 bits per heavy atom. The molecular formula is C66H66N14O5S10. The molecule has 9 heterocycles. The average molecular weight is 1460 g/mol. The normalized spacial score (nSPS) is 23.2. The standard InChI is InChI=1S/C14H14N2OS2.C13H13N3O2S.2C13H13N3OS2.C13H13N3S3/c15-11-3-1-2-7-9(11)6-10(13(7)19)8-4-5-12(18)16-14(8)17;14-9-3-1-2-7-8(9)6-16(13(7)19)10-4-5-11(17)15-12(10)18;14-9-3-1-2-7-8(9)6-16(13(7)17)10-4-5-11(18)15-12(10)19;2*14-9-3-1-2-7-8(9)6-16(13(7)19)10-4-5-11(17)15-12(10)18/h1-3,8,10H,4-6,15H2,(H,16,17,18);1-3,10H,4-6,14H2,(H,15,17,18);1-3,10H,4-6,14H2,(H,15,18,19);2*1-3,10H,4-6,14H2,(H,15,17,18). The summed E-state index contributed by atoms with van der Waals surface area (Å²) in [6.45, 7) is 2.47. The van der Waals surface area contributed by atoms with E-state index in [1.165, 1.54) is 0 Å². The van der Waals surface area contributed by atoms with Crippen LogP contribution in [0.2, 0.25) is 0 Å². The molecule has 6 unspecified atom stereocenters. The van der Waals surface area contributed by atoms with Crippen LogP contribution in [0, 0.1) is 11.8 Å². The summed E-state index contributed by atoms with van der Waals surface area (Å²) >= 11 is 53.4. The van der Waals surface area contributed by atoms with E-state index < -0.39 is 0 Å². The molecule has 15 N–H and O–H groups in total. The number of benzene rings is 5. The van der Waals surface area contributed by atoms with Crippen LogP contribution in [-0.4, -0.2) is 123 Å². The molecular weight excluding hydrogens is 1390 g/mol. The highest BCUT2D eigenvalue weighted by molar-refractivity contribution is 7.83. The number of piperidine rings is 5. The van der Waals surface area contributed by atoms with Crippen molar-refractivity contribution in [2.24, 2.45) is 11.8 Å². The van der Waals surface area contributed by atoms with Gasteiger partial charge < -0.3 is 69.5 Å². The Hall–Kier alpha value is -7.45. The summed E-state index contributed by atoms with van der Waals surface area (Å²) in [5.41, 5.74) is 43.4. The first-order chi connectivity index (χ1) is 45.4. The number of imide groups is 1. The SMILES string of the molecule is Nc1cccc2c1CC(C1CCC(=S)NC1=O)C2=S.Nc1cccc2c1CN(C1CCC(=O)NC1=O)C2=S.Nc1cccc2c1CN(C1CCC(=O)NC1=S)C2=S.Nc1cccc2c1CN(C1CCC(=S)NC1=S)C2=O.Nc1cccc2c1CN(C1CCC(=S)NC1=S)C2=S. The molecule has 5 aromatic carbocycles.